The molecule has 1 heterocycles. The second kappa shape index (κ2) is 10.0. The van der Waals surface area contributed by atoms with Crippen LogP contribution >= 0.6 is 0 Å². The van der Waals surface area contributed by atoms with Gasteiger partial charge in [0.15, 0.2) is 0 Å². The fraction of sp³-hybridized carbons (Fsp3) is 0.455. The largest absolute Gasteiger partial charge is 0.370 e. The third-order valence-electron chi connectivity index (χ3n) is 5.36. The molecule has 1 aliphatic rings. The molecular formula is C22H29N7O. The van der Waals surface area contributed by atoms with Gasteiger partial charge in [0.1, 0.15) is 5.82 Å². The van der Waals surface area contributed by atoms with Crippen LogP contribution in [0.1, 0.15) is 50.2 Å². The molecule has 8 heteroatoms. The SMILES string of the molecule is CCCNc1nc(Nc2cccc(C#N)c2)ncc1C1CC(NC(=O)[C@H](C)NC)C1. The Hall–Kier alpha value is -3.18. The molecule has 158 valence electrons. The van der Waals surface area contributed by atoms with Gasteiger partial charge in [-0.2, -0.15) is 10.2 Å². The van der Waals surface area contributed by atoms with Gasteiger partial charge in [0.2, 0.25) is 11.9 Å². The van der Waals surface area contributed by atoms with Gasteiger partial charge in [-0.1, -0.05) is 13.0 Å². The molecule has 1 aromatic heterocycles. The van der Waals surface area contributed by atoms with E-state index < -0.39 is 0 Å². The Morgan fingerprint density at radius 2 is 2.17 bits per heavy atom. The topological polar surface area (TPSA) is 115 Å². The van der Waals surface area contributed by atoms with Gasteiger partial charge < -0.3 is 21.3 Å². The molecule has 0 unspecified atom stereocenters. The van der Waals surface area contributed by atoms with Crippen molar-refractivity contribution in [1.82, 2.24) is 20.6 Å². The van der Waals surface area contributed by atoms with Crippen LogP contribution in [0.4, 0.5) is 17.5 Å². The maximum absolute atomic E-state index is 12.1. The number of benzene rings is 1. The molecule has 1 atom stereocenters. The van der Waals surface area contributed by atoms with Crippen LogP contribution in [-0.4, -0.2) is 41.6 Å². The maximum atomic E-state index is 12.1. The number of aromatic nitrogens is 2. The average molecular weight is 408 g/mol. The lowest BCUT2D eigenvalue weighted by Gasteiger charge is -2.37. The predicted octanol–water partition coefficient (Wildman–Crippen LogP) is 2.88. The molecule has 1 fully saturated rings. The van der Waals surface area contributed by atoms with E-state index >= 15 is 0 Å². The zero-order valence-corrected chi connectivity index (χ0v) is 17.7. The lowest BCUT2D eigenvalue weighted by atomic mass is 9.76. The summed E-state index contributed by atoms with van der Waals surface area (Å²) in [6.45, 7) is 4.78. The zero-order valence-electron chi connectivity index (χ0n) is 17.7. The predicted molar refractivity (Wildman–Crippen MR) is 118 cm³/mol. The van der Waals surface area contributed by atoms with Crippen molar-refractivity contribution in [1.29, 1.82) is 5.26 Å². The van der Waals surface area contributed by atoms with Gasteiger partial charge in [0, 0.05) is 30.0 Å². The molecule has 1 amide bonds. The van der Waals surface area contributed by atoms with Crippen molar-refractivity contribution in [2.75, 3.05) is 24.2 Å². The number of nitrogens with zero attached hydrogens (tertiary/aromatic N) is 3. The van der Waals surface area contributed by atoms with Crippen LogP contribution in [0.5, 0.6) is 0 Å². The summed E-state index contributed by atoms with van der Waals surface area (Å²) >= 11 is 0. The highest BCUT2D eigenvalue weighted by atomic mass is 16.2. The molecule has 8 nitrogen and oxygen atoms in total. The number of carbonyl (C=O) groups excluding carboxylic acids is 1. The molecule has 0 bridgehead atoms. The Morgan fingerprint density at radius 1 is 1.37 bits per heavy atom. The number of hydrogen-bond donors (Lipinski definition) is 4. The second-order valence-corrected chi connectivity index (χ2v) is 7.63. The number of hydrogen-bond acceptors (Lipinski definition) is 7. The van der Waals surface area contributed by atoms with Crippen LogP contribution in [-0.2, 0) is 4.79 Å². The molecule has 3 rings (SSSR count). The monoisotopic (exact) mass is 407 g/mol. The minimum atomic E-state index is -0.195. The van der Waals surface area contributed by atoms with Crippen molar-refractivity contribution < 1.29 is 4.79 Å². The third kappa shape index (κ3) is 5.24. The van der Waals surface area contributed by atoms with Crippen LogP contribution in [0, 0.1) is 11.3 Å². The molecule has 0 aliphatic heterocycles. The van der Waals surface area contributed by atoms with Crippen LogP contribution in [0.25, 0.3) is 0 Å². The summed E-state index contributed by atoms with van der Waals surface area (Å²) < 4.78 is 0. The Bertz CT molecular complexity index is 918. The van der Waals surface area contributed by atoms with Crippen LogP contribution in [0.15, 0.2) is 30.5 Å². The molecule has 0 saturated heterocycles. The molecule has 0 radical (unpaired) electrons. The van der Waals surface area contributed by atoms with Gasteiger partial charge >= 0.3 is 0 Å². The second-order valence-electron chi connectivity index (χ2n) is 7.63. The van der Waals surface area contributed by atoms with Gasteiger partial charge in [-0.05, 0) is 57.4 Å². The van der Waals surface area contributed by atoms with Crippen LogP contribution in [0.2, 0.25) is 0 Å². The molecule has 2 aromatic rings. The van der Waals surface area contributed by atoms with E-state index in [1.807, 2.05) is 25.3 Å². The summed E-state index contributed by atoms with van der Waals surface area (Å²) in [5, 5.41) is 21.7. The summed E-state index contributed by atoms with van der Waals surface area (Å²) in [6, 6.07) is 9.34. The summed E-state index contributed by atoms with van der Waals surface area (Å²) in [5.74, 6) is 1.65. The highest BCUT2D eigenvalue weighted by molar-refractivity contribution is 5.81. The van der Waals surface area contributed by atoms with Crippen molar-refractivity contribution in [3.05, 3.63) is 41.6 Å². The Kier molecular flexibility index (Phi) is 7.20. The Morgan fingerprint density at radius 3 is 2.87 bits per heavy atom. The first-order valence-electron chi connectivity index (χ1n) is 10.4. The number of nitriles is 1. The number of amides is 1. The Balaban J connectivity index is 1.69. The van der Waals surface area contributed by atoms with Crippen molar-refractivity contribution in [3.8, 4) is 6.07 Å². The molecule has 30 heavy (non-hydrogen) atoms. The van der Waals surface area contributed by atoms with Gasteiger partial charge in [-0.3, -0.25) is 4.79 Å². The van der Waals surface area contributed by atoms with Crippen molar-refractivity contribution in [2.45, 2.75) is 51.1 Å². The van der Waals surface area contributed by atoms with E-state index in [0.717, 1.165) is 42.9 Å². The number of anilines is 3. The van der Waals surface area contributed by atoms with E-state index in [4.69, 9.17) is 5.26 Å². The first-order valence-corrected chi connectivity index (χ1v) is 10.4. The van der Waals surface area contributed by atoms with Crippen molar-refractivity contribution in [3.63, 3.8) is 0 Å². The zero-order chi connectivity index (χ0) is 21.5. The standard InChI is InChI=1S/C22H29N7O/c1-4-8-25-20-19(16-10-18(11-16)27-21(30)14(2)24-3)13-26-22(29-20)28-17-7-5-6-15(9-17)12-23/h5-7,9,13-14,16,18,24H,4,8,10-11H2,1-3H3,(H,27,30)(H2,25,26,28,29)/t14-,16?,18?/m0/s1. The summed E-state index contributed by atoms with van der Waals surface area (Å²) in [6.07, 6.45) is 4.61. The normalized spacial score (nSPS) is 18.6. The van der Waals surface area contributed by atoms with Crippen molar-refractivity contribution in [2.24, 2.45) is 0 Å². The van der Waals surface area contributed by atoms with Crippen molar-refractivity contribution >= 4 is 23.4 Å². The number of nitrogens with one attached hydrogen (secondary N) is 4. The minimum absolute atomic E-state index is 0.0284. The summed E-state index contributed by atoms with van der Waals surface area (Å²) in [4.78, 5) is 21.2. The lowest BCUT2D eigenvalue weighted by Crippen LogP contribution is -2.49. The summed E-state index contributed by atoms with van der Waals surface area (Å²) in [7, 11) is 1.78. The Labute approximate surface area is 177 Å². The van der Waals surface area contributed by atoms with Gasteiger partial charge in [0.25, 0.3) is 0 Å². The van der Waals surface area contributed by atoms with Gasteiger partial charge in [0.05, 0.1) is 17.7 Å². The number of rotatable bonds is 9. The molecule has 1 aromatic carbocycles. The van der Waals surface area contributed by atoms with E-state index in [9.17, 15) is 4.79 Å². The lowest BCUT2D eigenvalue weighted by molar-refractivity contribution is -0.124. The highest BCUT2D eigenvalue weighted by Crippen LogP contribution is 2.39. The first-order chi connectivity index (χ1) is 14.5. The van der Waals surface area contributed by atoms with Gasteiger partial charge in [-0.15, -0.1) is 0 Å². The van der Waals surface area contributed by atoms with E-state index in [1.54, 1.807) is 19.2 Å². The molecule has 0 spiro atoms. The van der Waals surface area contributed by atoms with E-state index in [2.05, 4.69) is 44.2 Å². The first kappa shape index (κ1) is 21.5. The van der Waals surface area contributed by atoms with E-state index in [-0.39, 0.29) is 18.0 Å². The quantitative estimate of drug-likeness (QED) is 0.505. The number of carbonyl (C=O) groups is 1. The molecule has 4 N–H and O–H groups in total. The highest BCUT2D eigenvalue weighted by Gasteiger charge is 2.34. The van der Waals surface area contributed by atoms with E-state index in [0.29, 0.717) is 17.4 Å². The fourth-order valence-electron chi connectivity index (χ4n) is 3.38. The fourth-order valence-corrected chi connectivity index (χ4v) is 3.38. The van der Waals surface area contributed by atoms with E-state index in [1.165, 1.54) is 0 Å². The minimum Gasteiger partial charge on any atom is -0.370 e. The summed E-state index contributed by atoms with van der Waals surface area (Å²) in [5.41, 5.74) is 2.43. The van der Waals surface area contributed by atoms with Gasteiger partial charge in [-0.25, -0.2) is 4.98 Å². The number of likely N-dealkylation sites (N-methyl/N-ethyl adjacent to an activating group) is 1. The third-order valence-corrected chi connectivity index (χ3v) is 5.36. The smallest absolute Gasteiger partial charge is 0.237 e. The van der Waals surface area contributed by atoms with Crippen LogP contribution in [0.3, 0.4) is 0 Å². The average Bonchev–Trinajstić information content (AvgIpc) is 2.74. The maximum Gasteiger partial charge on any atom is 0.237 e. The molecule has 1 aliphatic carbocycles. The molecular weight excluding hydrogens is 378 g/mol. The molecule has 1 saturated carbocycles. The van der Waals surface area contributed by atoms with Crippen LogP contribution < -0.4 is 21.3 Å².